The summed E-state index contributed by atoms with van der Waals surface area (Å²) in [4.78, 5) is 14.7. The van der Waals surface area contributed by atoms with Gasteiger partial charge < -0.3 is 9.47 Å². The van der Waals surface area contributed by atoms with E-state index >= 15 is 0 Å². The molecule has 25 heavy (non-hydrogen) atoms. The number of hydrogen-bond donors (Lipinski definition) is 0. The van der Waals surface area contributed by atoms with Gasteiger partial charge in [0.2, 0.25) is 0 Å². The molecule has 1 unspecified atom stereocenters. The number of halogens is 2. The number of nitrogens with zero attached hydrogens (tertiary/aromatic N) is 2. The number of rotatable bonds is 2. The van der Waals surface area contributed by atoms with E-state index in [0.717, 1.165) is 23.4 Å². The van der Waals surface area contributed by atoms with Gasteiger partial charge in [-0.15, -0.1) is 0 Å². The van der Waals surface area contributed by atoms with E-state index in [9.17, 15) is 13.6 Å². The van der Waals surface area contributed by atoms with E-state index in [0.29, 0.717) is 13.1 Å². The number of benzene rings is 2. The summed E-state index contributed by atoms with van der Waals surface area (Å²) in [5, 5.41) is 0. The summed E-state index contributed by atoms with van der Waals surface area (Å²) in [7, 11) is 0. The van der Waals surface area contributed by atoms with Crippen molar-refractivity contribution < 1.29 is 13.6 Å². The van der Waals surface area contributed by atoms with Crippen molar-refractivity contribution in [3.8, 4) is 0 Å². The Morgan fingerprint density at radius 3 is 2.48 bits per heavy atom. The molecule has 1 atom stereocenters. The monoisotopic (exact) mass is 338 g/mol. The fourth-order valence-corrected chi connectivity index (χ4v) is 3.38. The van der Waals surface area contributed by atoms with Crippen LogP contribution in [0, 0.1) is 11.6 Å². The standard InChI is InChI=1S/C20H16F2N2O/c21-16-9-8-15(13-17(16)22)20(25)24-12-11-23-10-4-7-18(23)19(24)14-5-2-1-3-6-14/h1-10,13,19H,11-12H2. The van der Waals surface area contributed by atoms with Gasteiger partial charge in [0.15, 0.2) is 11.6 Å². The average Bonchev–Trinajstić information content (AvgIpc) is 3.12. The van der Waals surface area contributed by atoms with E-state index in [4.69, 9.17) is 0 Å². The topological polar surface area (TPSA) is 25.2 Å². The fourth-order valence-electron chi connectivity index (χ4n) is 3.38. The molecule has 0 saturated heterocycles. The van der Waals surface area contributed by atoms with Crippen LogP contribution in [0.3, 0.4) is 0 Å². The Morgan fingerprint density at radius 1 is 0.920 bits per heavy atom. The van der Waals surface area contributed by atoms with E-state index in [1.54, 1.807) is 4.90 Å². The molecule has 0 fully saturated rings. The van der Waals surface area contributed by atoms with E-state index < -0.39 is 11.6 Å². The average molecular weight is 338 g/mol. The van der Waals surface area contributed by atoms with Crippen molar-refractivity contribution in [1.82, 2.24) is 9.47 Å². The normalized spacial score (nSPS) is 16.6. The van der Waals surface area contributed by atoms with Gasteiger partial charge in [0.05, 0.1) is 6.04 Å². The SMILES string of the molecule is O=C(c1ccc(F)c(F)c1)N1CCn2cccc2C1c1ccccc1. The van der Waals surface area contributed by atoms with Crippen LogP contribution in [-0.2, 0) is 6.54 Å². The molecule has 4 rings (SSSR count). The lowest BCUT2D eigenvalue weighted by molar-refractivity contribution is 0.0663. The van der Waals surface area contributed by atoms with Crippen LogP contribution in [0.25, 0.3) is 0 Å². The maximum atomic E-state index is 13.6. The maximum Gasteiger partial charge on any atom is 0.254 e. The van der Waals surface area contributed by atoms with Crippen molar-refractivity contribution in [2.45, 2.75) is 12.6 Å². The fraction of sp³-hybridized carbons (Fsp3) is 0.150. The molecule has 5 heteroatoms. The van der Waals surface area contributed by atoms with E-state index in [1.165, 1.54) is 6.07 Å². The summed E-state index contributed by atoms with van der Waals surface area (Å²) in [5.41, 5.74) is 2.14. The maximum absolute atomic E-state index is 13.6. The molecule has 1 amide bonds. The van der Waals surface area contributed by atoms with Gasteiger partial charge in [-0.3, -0.25) is 4.79 Å². The van der Waals surface area contributed by atoms with Crippen LogP contribution in [0.15, 0.2) is 66.9 Å². The van der Waals surface area contributed by atoms with Gasteiger partial charge >= 0.3 is 0 Å². The van der Waals surface area contributed by atoms with Gasteiger partial charge in [-0.05, 0) is 35.9 Å². The van der Waals surface area contributed by atoms with Crippen LogP contribution in [0.4, 0.5) is 8.78 Å². The first kappa shape index (κ1) is 15.6. The summed E-state index contributed by atoms with van der Waals surface area (Å²) in [6.07, 6.45) is 1.99. The summed E-state index contributed by atoms with van der Waals surface area (Å²) in [6, 6.07) is 16.7. The first-order valence-electron chi connectivity index (χ1n) is 8.11. The molecular formula is C20H16F2N2O. The molecular weight excluding hydrogens is 322 g/mol. The quantitative estimate of drug-likeness (QED) is 0.693. The van der Waals surface area contributed by atoms with Crippen molar-refractivity contribution in [2.24, 2.45) is 0 Å². The third kappa shape index (κ3) is 2.71. The van der Waals surface area contributed by atoms with Crippen LogP contribution in [-0.4, -0.2) is 21.9 Å². The highest BCUT2D eigenvalue weighted by molar-refractivity contribution is 5.94. The van der Waals surface area contributed by atoms with Crippen LogP contribution in [0.1, 0.15) is 27.7 Å². The third-order valence-corrected chi connectivity index (χ3v) is 4.58. The van der Waals surface area contributed by atoms with E-state index in [-0.39, 0.29) is 17.5 Å². The minimum absolute atomic E-state index is 0.153. The molecule has 0 aliphatic carbocycles. The molecule has 0 N–H and O–H groups in total. The minimum Gasteiger partial charge on any atom is -0.348 e. The number of amides is 1. The van der Waals surface area contributed by atoms with Crippen LogP contribution < -0.4 is 0 Å². The molecule has 1 aliphatic heterocycles. The first-order chi connectivity index (χ1) is 12.1. The second kappa shape index (κ2) is 6.16. The Bertz CT molecular complexity index is 920. The Balaban J connectivity index is 1.77. The zero-order valence-electron chi connectivity index (χ0n) is 13.4. The lowest BCUT2D eigenvalue weighted by Crippen LogP contribution is -2.42. The summed E-state index contributed by atoms with van der Waals surface area (Å²) >= 11 is 0. The molecule has 126 valence electrons. The zero-order valence-corrected chi connectivity index (χ0v) is 13.4. The number of carbonyl (C=O) groups excluding carboxylic acids is 1. The molecule has 0 radical (unpaired) electrons. The number of carbonyl (C=O) groups is 1. The van der Waals surface area contributed by atoms with Crippen molar-refractivity contribution in [3.05, 3.63) is 95.3 Å². The third-order valence-electron chi connectivity index (χ3n) is 4.58. The van der Waals surface area contributed by atoms with Gasteiger partial charge in [0.25, 0.3) is 5.91 Å². The van der Waals surface area contributed by atoms with Gasteiger partial charge in [-0.25, -0.2) is 8.78 Å². The Morgan fingerprint density at radius 2 is 1.72 bits per heavy atom. The van der Waals surface area contributed by atoms with Crippen LogP contribution in [0.5, 0.6) is 0 Å². The molecule has 0 spiro atoms. The predicted molar refractivity (Wildman–Crippen MR) is 90.1 cm³/mol. The lowest BCUT2D eigenvalue weighted by Gasteiger charge is -2.37. The van der Waals surface area contributed by atoms with E-state index in [1.807, 2.05) is 48.7 Å². The minimum atomic E-state index is -1.01. The Kier molecular flexibility index (Phi) is 3.84. The van der Waals surface area contributed by atoms with E-state index in [2.05, 4.69) is 4.57 Å². The van der Waals surface area contributed by atoms with Crippen LogP contribution in [0.2, 0.25) is 0 Å². The highest BCUT2D eigenvalue weighted by atomic mass is 19.2. The van der Waals surface area contributed by atoms with Gasteiger partial charge in [-0.1, -0.05) is 30.3 Å². The molecule has 0 bridgehead atoms. The highest BCUT2D eigenvalue weighted by Crippen LogP contribution is 2.33. The number of hydrogen-bond acceptors (Lipinski definition) is 1. The van der Waals surface area contributed by atoms with Crippen molar-refractivity contribution >= 4 is 5.91 Å². The van der Waals surface area contributed by atoms with Gasteiger partial charge in [-0.2, -0.15) is 0 Å². The van der Waals surface area contributed by atoms with Crippen LogP contribution >= 0.6 is 0 Å². The summed E-state index contributed by atoms with van der Waals surface area (Å²) in [6.45, 7) is 1.17. The molecule has 1 aromatic heterocycles. The Hall–Kier alpha value is -2.95. The number of aromatic nitrogens is 1. The molecule has 3 aromatic rings. The van der Waals surface area contributed by atoms with Crippen molar-refractivity contribution in [1.29, 1.82) is 0 Å². The highest BCUT2D eigenvalue weighted by Gasteiger charge is 2.32. The lowest BCUT2D eigenvalue weighted by atomic mass is 9.99. The molecule has 0 saturated carbocycles. The molecule has 2 heterocycles. The summed E-state index contributed by atoms with van der Waals surface area (Å²) in [5.74, 6) is -2.27. The smallest absolute Gasteiger partial charge is 0.254 e. The Labute approximate surface area is 144 Å². The predicted octanol–water partition coefficient (Wildman–Crippen LogP) is 4.01. The van der Waals surface area contributed by atoms with Gasteiger partial charge in [0, 0.05) is 30.5 Å². The molecule has 1 aliphatic rings. The molecule has 2 aromatic carbocycles. The van der Waals surface area contributed by atoms with Crippen molar-refractivity contribution in [2.75, 3.05) is 6.54 Å². The zero-order chi connectivity index (χ0) is 17.4. The molecule has 3 nitrogen and oxygen atoms in total. The summed E-state index contributed by atoms with van der Waals surface area (Å²) < 4.78 is 28.9. The largest absolute Gasteiger partial charge is 0.348 e. The number of fused-ring (bicyclic) bond motifs is 1. The van der Waals surface area contributed by atoms with Gasteiger partial charge in [0.1, 0.15) is 0 Å². The van der Waals surface area contributed by atoms with Crippen molar-refractivity contribution in [3.63, 3.8) is 0 Å². The first-order valence-corrected chi connectivity index (χ1v) is 8.11. The second-order valence-electron chi connectivity index (χ2n) is 6.07. The second-order valence-corrected chi connectivity index (χ2v) is 6.07.